The Labute approximate surface area is 147 Å². The van der Waals surface area contributed by atoms with Crippen LogP contribution in [0.2, 0.25) is 5.02 Å². The molecule has 0 unspecified atom stereocenters. The molecule has 6 heteroatoms. The van der Waals surface area contributed by atoms with Crippen molar-refractivity contribution in [3.05, 3.63) is 47.4 Å². The highest BCUT2D eigenvalue weighted by molar-refractivity contribution is 6.34. The molecule has 0 radical (unpaired) electrons. The SMILES string of the molecule is CN(C)c1c(Cl)cccc1NC1CCN(C(=O)c2ccoc2)CC1. The number of likely N-dealkylation sites (tertiary alicyclic amines) is 1. The number of carbonyl (C=O) groups is 1. The largest absolute Gasteiger partial charge is 0.472 e. The van der Waals surface area contributed by atoms with Crippen molar-refractivity contribution in [1.29, 1.82) is 0 Å². The Hall–Kier alpha value is -2.14. The average molecular weight is 348 g/mol. The molecule has 1 saturated heterocycles. The summed E-state index contributed by atoms with van der Waals surface area (Å²) in [4.78, 5) is 16.2. The molecule has 24 heavy (non-hydrogen) atoms. The van der Waals surface area contributed by atoms with E-state index in [1.807, 2.05) is 42.1 Å². The lowest BCUT2D eigenvalue weighted by molar-refractivity contribution is 0.0718. The van der Waals surface area contributed by atoms with Gasteiger partial charge in [-0.05, 0) is 31.0 Å². The maximum absolute atomic E-state index is 12.3. The summed E-state index contributed by atoms with van der Waals surface area (Å²) in [6.45, 7) is 1.47. The normalized spacial score (nSPS) is 15.4. The van der Waals surface area contributed by atoms with Crippen molar-refractivity contribution >= 4 is 28.9 Å². The van der Waals surface area contributed by atoms with Crippen molar-refractivity contribution in [2.45, 2.75) is 18.9 Å². The second kappa shape index (κ2) is 7.18. The summed E-state index contributed by atoms with van der Waals surface area (Å²) in [5.74, 6) is 0.0407. The third kappa shape index (κ3) is 3.51. The highest BCUT2D eigenvalue weighted by Gasteiger charge is 2.24. The lowest BCUT2D eigenvalue weighted by Crippen LogP contribution is -2.42. The van der Waals surface area contributed by atoms with E-state index >= 15 is 0 Å². The molecule has 5 nitrogen and oxygen atoms in total. The fourth-order valence-corrected chi connectivity index (χ4v) is 3.45. The van der Waals surface area contributed by atoms with Crippen molar-refractivity contribution in [2.24, 2.45) is 0 Å². The fourth-order valence-electron chi connectivity index (χ4n) is 3.10. The van der Waals surface area contributed by atoms with Gasteiger partial charge in [-0.3, -0.25) is 4.79 Å². The van der Waals surface area contributed by atoms with Gasteiger partial charge < -0.3 is 19.5 Å². The molecule has 128 valence electrons. The zero-order chi connectivity index (χ0) is 17.1. The number of hydrogen-bond donors (Lipinski definition) is 1. The molecular formula is C18H22ClN3O2. The summed E-state index contributed by atoms with van der Waals surface area (Å²) in [6, 6.07) is 7.94. The van der Waals surface area contributed by atoms with E-state index in [1.165, 1.54) is 12.5 Å². The van der Waals surface area contributed by atoms with E-state index < -0.39 is 0 Å². The van der Waals surface area contributed by atoms with Gasteiger partial charge in [0.05, 0.1) is 28.2 Å². The summed E-state index contributed by atoms with van der Waals surface area (Å²) >= 11 is 6.32. The number of rotatable bonds is 4. The molecule has 0 bridgehead atoms. The van der Waals surface area contributed by atoms with Gasteiger partial charge in [-0.25, -0.2) is 0 Å². The summed E-state index contributed by atoms with van der Waals surface area (Å²) in [7, 11) is 3.97. The molecule has 1 aliphatic heterocycles. The van der Waals surface area contributed by atoms with E-state index in [4.69, 9.17) is 16.0 Å². The molecule has 2 aromatic rings. The van der Waals surface area contributed by atoms with Crippen LogP contribution in [0.1, 0.15) is 23.2 Å². The number of nitrogens with zero attached hydrogens (tertiary/aromatic N) is 2. The Balaban J connectivity index is 1.62. The standard InChI is InChI=1S/C18H22ClN3O2/c1-21(2)17-15(19)4-3-5-16(17)20-14-6-9-22(10-7-14)18(23)13-8-11-24-12-13/h3-5,8,11-12,14,20H,6-7,9-10H2,1-2H3. The van der Waals surface area contributed by atoms with Crippen LogP contribution < -0.4 is 10.2 Å². The quantitative estimate of drug-likeness (QED) is 0.915. The first-order valence-electron chi connectivity index (χ1n) is 8.10. The zero-order valence-electron chi connectivity index (χ0n) is 14.0. The number of hydrogen-bond acceptors (Lipinski definition) is 4. The van der Waals surface area contributed by atoms with Crippen LogP contribution in [0, 0.1) is 0 Å². The van der Waals surface area contributed by atoms with Gasteiger partial charge in [0.25, 0.3) is 5.91 Å². The van der Waals surface area contributed by atoms with Gasteiger partial charge in [-0.15, -0.1) is 0 Å². The van der Waals surface area contributed by atoms with Crippen molar-refractivity contribution in [2.75, 3.05) is 37.4 Å². The van der Waals surface area contributed by atoms with Crippen LogP contribution in [0.25, 0.3) is 0 Å². The van der Waals surface area contributed by atoms with E-state index in [2.05, 4.69) is 5.32 Å². The fraction of sp³-hybridized carbons (Fsp3) is 0.389. The Bertz CT molecular complexity index is 692. The van der Waals surface area contributed by atoms with Crippen LogP contribution in [0.3, 0.4) is 0 Å². The molecule has 1 aliphatic rings. The van der Waals surface area contributed by atoms with Gasteiger partial charge in [0, 0.05) is 33.2 Å². The average Bonchev–Trinajstić information content (AvgIpc) is 3.09. The number of benzene rings is 1. The molecule has 3 rings (SSSR count). The molecular weight excluding hydrogens is 326 g/mol. The molecule has 1 aromatic carbocycles. The van der Waals surface area contributed by atoms with Crippen LogP contribution in [0.4, 0.5) is 11.4 Å². The molecule has 1 amide bonds. The maximum Gasteiger partial charge on any atom is 0.257 e. The van der Waals surface area contributed by atoms with Crippen LogP contribution in [-0.2, 0) is 0 Å². The van der Waals surface area contributed by atoms with Crippen LogP contribution in [0.15, 0.2) is 41.2 Å². The van der Waals surface area contributed by atoms with Crippen molar-refractivity contribution in [3.63, 3.8) is 0 Å². The Morgan fingerprint density at radius 3 is 2.67 bits per heavy atom. The highest BCUT2D eigenvalue weighted by Crippen LogP contribution is 2.33. The van der Waals surface area contributed by atoms with Gasteiger partial charge in [-0.2, -0.15) is 0 Å². The number of furan rings is 1. The number of nitrogens with one attached hydrogen (secondary N) is 1. The predicted octanol–water partition coefficient (Wildman–Crippen LogP) is 3.72. The first kappa shape index (κ1) is 16.7. The van der Waals surface area contributed by atoms with E-state index in [1.54, 1.807) is 6.07 Å². The first-order chi connectivity index (χ1) is 11.6. The summed E-state index contributed by atoms with van der Waals surface area (Å²) in [6.07, 6.45) is 4.84. The van der Waals surface area contributed by atoms with Gasteiger partial charge in [0.2, 0.25) is 0 Å². The van der Waals surface area contributed by atoms with E-state index in [9.17, 15) is 4.79 Å². The van der Waals surface area contributed by atoms with Gasteiger partial charge in [0.15, 0.2) is 0 Å². The first-order valence-corrected chi connectivity index (χ1v) is 8.48. The van der Waals surface area contributed by atoms with E-state index in [0.29, 0.717) is 11.6 Å². The molecule has 0 atom stereocenters. The zero-order valence-corrected chi connectivity index (χ0v) is 14.7. The third-order valence-electron chi connectivity index (χ3n) is 4.34. The van der Waals surface area contributed by atoms with Crippen molar-refractivity contribution in [3.8, 4) is 0 Å². The van der Waals surface area contributed by atoms with Crippen LogP contribution >= 0.6 is 11.6 Å². The maximum atomic E-state index is 12.3. The third-order valence-corrected chi connectivity index (χ3v) is 4.65. The molecule has 1 N–H and O–H groups in total. The second-order valence-electron chi connectivity index (χ2n) is 6.25. The van der Waals surface area contributed by atoms with Crippen LogP contribution in [-0.4, -0.2) is 44.0 Å². The lowest BCUT2D eigenvalue weighted by Gasteiger charge is -2.33. The molecule has 1 fully saturated rings. The molecule has 0 spiro atoms. The number of amides is 1. The monoisotopic (exact) mass is 347 g/mol. The van der Waals surface area contributed by atoms with E-state index in [0.717, 1.165) is 42.3 Å². The molecule has 0 aliphatic carbocycles. The van der Waals surface area contributed by atoms with Gasteiger partial charge in [-0.1, -0.05) is 17.7 Å². The minimum Gasteiger partial charge on any atom is -0.472 e. The minimum atomic E-state index is 0.0407. The number of para-hydroxylation sites is 1. The smallest absolute Gasteiger partial charge is 0.257 e. The van der Waals surface area contributed by atoms with Crippen molar-refractivity contribution in [1.82, 2.24) is 4.90 Å². The molecule has 2 heterocycles. The van der Waals surface area contributed by atoms with Crippen LogP contribution in [0.5, 0.6) is 0 Å². The number of carbonyl (C=O) groups excluding carboxylic acids is 1. The predicted molar refractivity (Wildman–Crippen MR) is 97.0 cm³/mol. The Morgan fingerprint density at radius 1 is 1.29 bits per heavy atom. The summed E-state index contributed by atoms with van der Waals surface area (Å²) in [5, 5.41) is 4.32. The Morgan fingerprint density at radius 2 is 2.04 bits per heavy atom. The van der Waals surface area contributed by atoms with Gasteiger partial charge in [0.1, 0.15) is 6.26 Å². The summed E-state index contributed by atoms with van der Waals surface area (Å²) < 4.78 is 5.00. The lowest BCUT2D eigenvalue weighted by atomic mass is 10.0. The summed E-state index contributed by atoms with van der Waals surface area (Å²) in [5.41, 5.74) is 2.65. The Kier molecular flexibility index (Phi) is 5.00. The number of piperidine rings is 1. The number of anilines is 2. The minimum absolute atomic E-state index is 0.0407. The number of halogens is 1. The topological polar surface area (TPSA) is 48.7 Å². The van der Waals surface area contributed by atoms with Gasteiger partial charge >= 0.3 is 0 Å². The second-order valence-corrected chi connectivity index (χ2v) is 6.66. The molecule has 1 aromatic heterocycles. The molecule has 0 saturated carbocycles. The highest BCUT2D eigenvalue weighted by atomic mass is 35.5. The van der Waals surface area contributed by atoms with E-state index in [-0.39, 0.29) is 5.91 Å². The van der Waals surface area contributed by atoms with Crippen molar-refractivity contribution < 1.29 is 9.21 Å².